The fourth-order valence-corrected chi connectivity index (χ4v) is 4.06. The van der Waals surface area contributed by atoms with Crippen molar-refractivity contribution in [3.05, 3.63) is 29.8 Å². The molecule has 0 radical (unpaired) electrons. The van der Waals surface area contributed by atoms with Crippen LogP contribution in [0.2, 0.25) is 0 Å². The maximum Gasteiger partial charge on any atom is 0.235 e. The summed E-state index contributed by atoms with van der Waals surface area (Å²) < 4.78 is 26.2. The Hall–Kier alpha value is -1.54. The standard InChI is InChI=1S/C14H18N2O2S/c15-10-4-1-5-12-19(17,18)16-11-6-8-13-7-2-3-9-14(13)16/h2-3,7,9H,1,4-6,8,11-12H2. The summed E-state index contributed by atoms with van der Waals surface area (Å²) in [5.74, 6) is 0.128. The van der Waals surface area contributed by atoms with E-state index in [-0.39, 0.29) is 5.75 Å². The van der Waals surface area contributed by atoms with E-state index in [1.165, 1.54) is 4.31 Å². The summed E-state index contributed by atoms with van der Waals surface area (Å²) in [5.41, 5.74) is 1.93. The summed E-state index contributed by atoms with van der Waals surface area (Å²) in [5, 5.41) is 8.46. The number of para-hydroxylation sites is 1. The lowest BCUT2D eigenvalue weighted by Crippen LogP contribution is -2.37. The molecule has 1 aromatic rings. The molecule has 1 heterocycles. The van der Waals surface area contributed by atoms with Crippen molar-refractivity contribution in [3.8, 4) is 6.07 Å². The van der Waals surface area contributed by atoms with Gasteiger partial charge in [-0.2, -0.15) is 5.26 Å². The van der Waals surface area contributed by atoms with Gasteiger partial charge in [0.25, 0.3) is 0 Å². The highest BCUT2D eigenvalue weighted by Gasteiger charge is 2.26. The van der Waals surface area contributed by atoms with Crippen LogP contribution in [0.15, 0.2) is 24.3 Å². The van der Waals surface area contributed by atoms with Crippen molar-refractivity contribution in [2.45, 2.75) is 32.1 Å². The molecule has 0 bridgehead atoms. The van der Waals surface area contributed by atoms with Gasteiger partial charge in [0.15, 0.2) is 0 Å². The molecule has 0 N–H and O–H groups in total. The van der Waals surface area contributed by atoms with Gasteiger partial charge in [-0.3, -0.25) is 4.31 Å². The molecular formula is C14H18N2O2S. The van der Waals surface area contributed by atoms with E-state index in [2.05, 4.69) is 0 Å². The van der Waals surface area contributed by atoms with Crippen molar-refractivity contribution in [3.63, 3.8) is 0 Å². The molecule has 0 saturated heterocycles. The minimum atomic E-state index is -3.25. The summed E-state index contributed by atoms with van der Waals surface area (Å²) in [6, 6.07) is 9.73. The van der Waals surface area contributed by atoms with E-state index < -0.39 is 10.0 Å². The molecule has 0 fully saturated rings. The van der Waals surface area contributed by atoms with Gasteiger partial charge in [0.2, 0.25) is 10.0 Å². The van der Waals surface area contributed by atoms with E-state index in [4.69, 9.17) is 5.26 Å². The molecule has 0 aliphatic carbocycles. The summed E-state index contributed by atoms with van der Waals surface area (Å²) in [6.07, 6.45) is 3.43. The zero-order valence-corrected chi connectivity index (χ0v) is 11.7. The molecule has 102 valence electrons. The number of hydrogen-bond acceptors (Lipinski definition) is 3. The Morgan fingerprint density at radius 1 is 1.26 bits per heavy atom. The first-order valence-corrected chi connectivity index (χ1v) is 8.21. The average molecular weight is 278 g/mol. The van der Waals surface area contributed by atoms with Crippen LogP contribution in [-0.2, 0) is 16.4 Å². The smallest absolute Gasteiger partial charge is 0.235 e. The van der Waals surface area contributed by atoms with Gasteiger partial charge >= 0.3 is 0 Å². The Kier molecular flexibility index (Phi) is 4.43. The fourth-order valence-electron chi connectivity index (χ4n) is 2.39. The Bertz CT molecular complexity index is 575. The van der Waals surface area contributed by atoms with E-state index in [1.807, 2.05) is 30.3 Å². The minimum absolute atomic E-state index is 0.128. The van der Waals surface area contributed by atoms with E-state index in [0.29, 0.717) is 25.8 Å². The first-order valence-electron chi connectivity index (χ1n) is 6.60. The highest BCUT2D eigenvalue weighted by atomic mass is 32.2. The molecule has 2 rings (SSSR count). The van der Waals surface area contributed by atoms with Crippen LogP contribution >= 0.6 is 0 Å². The number of rotatable bonds is 5. The topological polar surface area (TPSA) is 61.2 Å². The molecule has 4 nitrogen and oxygen atoms in total. The van der Waals surface area contributed by atoms with Gasteiger partial charge in [0.05, 0.1) is 17.5 Å². The van der Waals surface area contributed by atoms with Crippen molar-refractivity contribution in [1.29, 1.82) is 5.26 Å². The second kappa shape index (κ2) is 6.07. The summed E-state index contributed by atoms with van der Waals surface area (Å²) >= 11 is 0. The number of fused-ring (bicyclic) bond motifs is 1. The van der Waals surface area contributed by atoms with Crippen LogP contribution in [0.1, 0.15) is 31.2 Å². The molecule has 19 heavy (non-hydrogen) atoms. The lowest BCUT2D eigenvalue weighted by Gasteiger charge is -2.30. The van der Waals surface area contributed by atoms with E-state index in [1.54, 1.807) is 0 Å². The predicted octanol–water partition coefficient (Wildman–Crippen LogP) is 2.46. The first-order chi connectivity index (χ1) is 9.15. The normalized spacial score (nSPS) is 14.8. The number of nitrogens with zero attached hydrogens (tertiary/aromatic N) is 2. The van der Waals surface area contributed by atoms with Crippen LogP contribution in [0.5, 0.6) is 0 Å². The van der Waals surface area contributed by atoms with Crippen LogP contribution in [0.25, 0.3) is 0 Å². The molecule has 1 aliphatic rings. The number of aryl methyl sites for hydroxylation is 1. The zero-order valence-electron chi connectivity index (χ0n) is 10.9. The third-order valence-electron chi connectivity index (χ3n) is 3.34. The van der Waals surface area contributed by atoms with E-state index in [0.717, 1.165) is 24.1 Å². The number of unbranched alkanes of at least 4 members (excludes halogenated alkanes) is 2. The van der Waals surface area contributed by atoms with Gasteiger partial charge in [-0.15, -0.1) is 0 Å². The molecule has 0 amide bonds. The number of hydrogen-bond donors (Lipinski definition) is 0. The van der Waals surface area contributed by atoms with Crippen LogP contribution < -0.4 is 4.31 Å². The Morgan fingerprint density at radius 2 is 2.05 bits per heavy atom. The second-order valence-corrected chi connectivity index (χ2v) is 6.75. The van der Waals surface area contributed by atoms with Crippen molar-refractivity contribution in [2.24, 2.45) is 0 Å². The van der Waals surface area contributed by atoms with Crippen molar-refractivity contribution in [1.82, 2.24) is 0 Å². The second-order valence-electron chi connectivity index (χ2n) is 4.74. The lowest BCUT2D eigenvalue weighted by atomic mass is 10.0. The average Bonchev–Trinajstić information content (AvgIpc) is 2.43. The third kappa shape index (κ3) is 3.27. The number of nitriles is 1. The van der Waals surface area contributed by atoms with Gasteiger partial charge in [0.1, 0.15) is 0 Å². The van der Waals surface area contributed by atoms with E-state index >= 15 is 0 Å². The summed E-state index contributed by atoms with van der Waals surface area (Å²) in [6.45, 7) is 0.567. The molecule has 5 heteroatoms. The van der Waals surface area contributed by atoms with Crippen LogP contribution in [-0.4, -0.2) is 20.7 Å². The highest BCUT2D eigenvalue weighted by Crippen LogP contribution is 2.29. The monoisotopic (exact) mass is 278 g/mol. The van der Waals surface area contributed by atoms with Crippen LogP contribution in [0, 0.1) is 11.3 Å². The lowest BCUT2D eigenvalue weighted by molar-refractivity contribution is 0.582. The first kappa shape index (κ1) is 13.9. The minimum Gasteiger partial charge on any atom is -0.270 e. The highest BCUT2D eigenvalue weighted by molar-refractivity contribution is 7.92. The fraction of sp³-hybridized carbons (Fsp3) is 0.500. The van der Waals surface area contributed by atoms with E-state index in [9.17, 15) is 8.42 Å². The van der Waals surface area contributed by atoms with Gasteiger partial charge < -0.3 is 0 Å². The molecular weight excluding hydrogens is 260 g/mol. The molecule has 1 aromatic carbocycles. The number of benzene rings is 1. The molecule has 1 aliphatic heterocycles. The van der Waals surface area contributed by atoms with Gasteiger partial charge in [-0.1, -0.05) is 18.2 Å². The van der Waals surface area contributed by atoms with Crippen LogP contribution in [0.4, 0.5) is 5.69 Å². The maximum atomic E-state index is 12.4. The third-order valence-corrected chi connectivity index (χ3v) is 5.20. The quantitative estimate of drug-likeness (QED) is 0.777. The van der Waals surface area contributed by atoms with Crippen LogP contribution in [0.3, 0.4) is 0 Å². The SMILES string of the molecule is N#CCCCCS(=O)(=O)N1CCCc2ccccc21. The van der Waals surface area contributed by atoms with Crippen molar-refractivity contribution in [2.75, 3.05) is 16.6 Å². The van der Waals surface area contributed by atoms with Crippen molar-refractivity contribution >= 4 is 15.7 Å². The zero-order chi connectivity index (χ0) is 13.7. The summed E-state index contributed by atoms with van der Waals surface area (Å²) in [7, 11) is -3.25. The Labute approximate surface area is 114 Å². The largest absolute Gasteiger partial charge is 0.270 e. The number of sulfonamides is 1. The van der Waals surface area contributed by atoms with Gasteiger partial charge in [0, 0.05) is 13.0 Å². The molecule has 0 atom stereocenters. The maximum absolute atomic E-state index is 12.4. The number of anilines is 1. The predicted molar refractivity (Wildman–Crippen MR) is 75.4 cm³/mol. The Balaban J connectivity index is 2.12. The molecule has 0 aromatic heterocycles. The Morgan fingerprint density at radius 3 is 2.84 bits per heavy atom. The van der Waals surface area contributed by atoms with Crippen molar-refractivity contribution < 1.29 is 8.42 Å². The molecule has 0 unspecified atom stereocenters. The van der Waals surface area contributed by atoms with Gasteiger partial charge in [-0.25, -0.2) is 8.42 Å². The molecule has 0 saturated carbocycles. The molecule has 0 spiro atoms. The summed E-state index contributed by atoms with van der Waals surface area (Å²) in [4.78, 5) is 0. The van der Waals surface area contributed by atoms with Gasteiger partial charge in [-0.05, 0) is 37.3 Å².